The van der Waals surface area contributed by atoms with Crippen LogP contribution < -0.4 is 0 Å². The van der Waals surface area contributed by atoms with Crippen LogP contribution in [0.5, 0.6) is 0 Å². The molecule has 0 amide bonds. The van der Waals surface area contributed by atoms with E-state index in [2.05, 4.69) is 13.8 Å². The Kier molecular flexibility index (Phi) is 4.72. The van der Waals surface area contributed by atoms with E-state index in [9.17, 15) is 18.3 Å². The zero-order valence-corrected chi connectivity index (χ0v) is 14.2. The van der Waals surface area contributed by atoms with Crippen molar-refractivity contribution in [2.75, 3.05) is 6.26 Å². The van der Waals surface area contributed by atoms with Crippen molar-refractivity contribution in [1.29, 1.82) is 0 Å². The van der Waals surface area contributed by atoms with Crippen molar-refractivity contribution in [1.82, 2.24) is 0 Å². The predicted octanol–water partition coefficient (Wildman–Crippen LogP) is 3.12. The molecule has 2 aliphatic carbocycles. The van der Waals surface area contributed by atoms with E-state index < -0.39 is 15.8 Å². The molecule has 122 valence electrons. The molecule has 4 unspecified atom stereocenters. The lowest BCUT2D eigenvalue weighted by Gasteiger charge is -2.44. The number of sulfone groups is 1. The highest BCUT2D eigenvalue weighted by Crippen LogP contribution is 2.48. The van der Waals surface area contributed by atoms with Gasteiger partial charge in [-0.3, -0.25) is 4.79 Å². The van der Waals surface area contributed by atoms with Crippen LogP contribution in [-0.4, -0.2) is 31.0 Å². The third-order valence-corrected chi connectivity index (χ3v) is 7.27. The van der Waals surface area contributed by atoms with Gasteiger partial charge in [0, 0.05) is 6.26 Å². The van der Waals surface area contributed by atoms with Gasteiger partial charge in [0.1, 0.15) is 9.84 Å². The number of rotatable bonds is 3. The Bertz CT molecular complexity index is 494. The molecule has 0 heterocycles. The number of carbonyl (C=O) groups is 1. The Labute approximate surface area is 128 Å². The molecule has 1 N–H and O–H groups in total. The van der Waals surface area contributed by atoms with E-state index in [0.717, 1.165) is 38.5 Å². The molecule has 0 aromatic heterocycles. The van der Waals surface area contributed by atoms with Gasteiger partial charge in [-0.2, -0.15) is 0 Å². The molecule has 0 saturated heterocycles. The van der Waals surface area contributed by atoms with Gasteiger partial charge in [-0.25, -0.2) is 8.42 Å². The summed E-state index contributed by atoms with van der Waals surface area (Å²) in [5.41, 5.74) is 0.175. The van der Waals surface area contributed by atoms with Crippen LogP contribution in [0.25, 0.3) is 0 Å². The molecule has 5 heteroatoms. The predicted molar refractivity (Wildman–Crippen MR) is 82.8 cm³/mol. The van der Waals surface area contributed by atoms with Crippen molar-refractivity contribution < 1.29 is 18.3 Å². The van der Waals surface area contributed by atoms with Crippen molar-refractivity contribution in [3.63, 3.8) is 0 Å². The quantitative estimate of drug-likeness (QED) is 0.868. The number of hydrogen-bond acceptors (Lipinski definition) is 3. The first-order chi connectivity index (χ1) is 9.60. The average Bonchev–Trinajstić information content (AvgIpc) is 2.36. The third kappa shape index (κ3) is 3.99. The summed E-state index contributed by atoms with van der Waals surface area (Å²) in [4.78, 5) is 11.6. The maximum absolute atomic E-state index is 11.8. The van der Waals surface area contributed by atoms with Gasteiger partial charge in [0.2, 0.25) is 0 Å². The number of carboxylic acid groups (broad SMARTS) is 1. The molecule has 4 atom stereocenters. The highest BCUT2D eigenvalue weighted by molar-refractivity contribution is 7.91. The van der Waals surface area contributed by atoms with E-state index in [1.165, 1.54) is 6.26 Å². The lowest BCUT2D eigenvalue weighted by atomic mass is 9.61. The molecule has 2 rings (SSSR count). The van der Waals surface area contributed by atoms with Crippen LogP contribution in [0.15, 0.2) is 0 Å². The normalized spacial score (nSPS) is 37.1. The average molecular weight is 316 g/mol. The Morgan fingerprint density at radius 1 is 1.19 bits per heavy atom. The number of aliphatic carboxylic acids is 1. The highest BCUT2D eigenvalue weighted by atomic mass is 32.2. The van der Waals surface area contributed by atoms with Crippen LogP contribution in [0.3, 0.4) is 0 Å². The summed E-state index contributed by atoms with van der Waals surface area (Å²) in [5, 5.41) is 9.25. The molecular weight excluding hydrogens is 288 g/mol. The maximum Gasteiger partial charge on any atom is 0.306 e. The summed E-state index contributed by atoms with van der Waals surface area (Å²) in [7, 11) is -3.01. The second kappa shape index (κ2) is 5.90. The van der Waals surface area contributed by atoms with Gasteiger partial charge >= 0.3 is 5.97 Å². The van der Waals surface area contributed by atoms with E-state index in [1.807, 2.05) is 0 Å². The van der Waals surface area contributed by atoms with Crippen molar-refractivity contribution in [2.24, 2.45) is 23.2 Å². The molecule has 0 aromatic carbocycles. The Morgan fingerprint density at radius 3 is 2.43 bits per heavy atom. The largest absolute Gasteiger partial charge is 0.481 e. The minimum atomic E-state index is -3.01. The van der Waals surface area contributed by atoms with Crippen molar-refractivity contribution in [3.05, 3.63) is 0 Å². The minimum absolute atomic E-state index is 0.135. The monoisotopic (exact) mass is 316 g/mol. The SMILES string of the molecule is CC1(C)CCC(C(=O)O)C(C2CCCC(S(C)(=O)=O)C2)C1. The third-order valence-electron chi connectivity index (χ3n) is 5.63. The fraction of sp³-hybridized carbons (Fsp3) is 0.938. The summed E-state index contributed by atoms with van der Waals surface area (Å²) < 4.78 is 23.7. The van der Waals surface area contributed by atoms with E-state index in [4.69, 9.17) is 0 Å². The first-order valence-electron chi connectivity index (χ1n) is 8.02. The Balaban J connectivity index is 2.17. The molecule has 4 nitrogen and oxygen atoms in total. The summed E-state index contributed by atoms with van der Waals surface area (Å²) in [6.45, 7) is 4.41. The van der Waals surface area contributed by atoms with Gasteiger partial charge in [0.25, 0.3) is 0 Å². The second-order valence-electron chi connectivity index (χ2n) is 7.89. The van der Waals surface area contributed by atoms with Crippen LogP contribution in [-0.2, 0) is 14.6 Å². The first kappa shape index (κ1) is 16.8. The molecule has 0 aromatic rings. The van der Waals surface area contributed by atoms with Gasteiger partial charge < -0.3 is 5.11 Å². The Hall–Kier alpha value is -0.580. The lowest BCUT2D eigenvalue weighted by molar-refractivity contribution is -0.147. The maximum atomic E-state index is 11.8. The van der Waals surface area contributed by atoms with E-state index in [-0.39, 0.29) is 28.4 Å². The fourth-order valence-corrected chi connectivity index (χ4v) is 5.59. The van der Waals surface area contributed by atoms with Crippen LogP contribution in [0.4, 0.5) is 0 Å². The highest BCUT2D eigenvalue weighted by Gasteiger charge is 2.44. The van der Waals surface area contributed by atoms with Crippen LogP contribution in [0, 0.1) is 23.2 Å². The second-order valence-corrected chi connectivity index (χ2v) is 10.2. The van der Waals surface area contributed by atoms with E-state index >= 15 is 0 Å². The molecule has 0 bridgehead atoms. The molecule has 2 aliphatic rings. The molecule has 2 saturated carbocycles. The standard InChI is InChI=1S/C16H28O4S/c1-16(2)8-7-13(15(17)18)14(10-16)11-5-4-6-12(9-11)21(3,19)20/h11-14H,4-10H2,1-3H3,(H,17,18). The smallest absolute Gasteiger partial charge is 0.306 e. The molecular formula is C16H28O4S. The van der Waals surface area contributed by atoms with Gasteiger partial charge in [-0.15, -0.1) is 0 Å². The van der Waals surface area contributed by atoms with Crippen molar-refractivity contribution in [2.45, 2.75) is 64.0 Å². The summed E-state index contributed by atoms with van der Waals surface area (Å²) in [6.07, 6.45) is 7.19. The summed E-state index contributed by atoms with van der Waals surface area (Å²) >= 11 is 0. The zero-order chi connectivity index (χ0) is 15.8. The zero-order valence-electron chi connectivity index (χ0n) is 13.3. The van der Waals surface area contributed by atoms with Gasteiger partial charge in [-0.1, -0.05) is 26.7 Å². The molecule has 0 spiro atoms. The first-order valence-corrected chi connectivity index (χ1v) is 9.97. The van der Waals surface area contributed by atoms with Gasteiger partial charge in [-0.05, 0) is 49.4 Å². The topological polar surface area (TPSA) is 71.4 Å². The lowest BCUT2D eigenvalue weighted by Crippen LogP contribution is -2.41. The molecule has 0 aliphatic heterocycles. The van der Waals surface area contributed by atoms with E-state index in [0.29, 0.717) is 6.42 Å². The Morgan fingerprint density at radius 2 is 1.86 bits per heavy atom. The van der Waals surface area contributed by atoms with Crippen molar-refractivity contribution >= 4 is 15.8 Å². The summed E-state index contributed by atoms with van der Waals surface area (Å²) in [5.74, 6) is -0.603. The molecule has 2 fully saturated rings. The molecule has 21 heavy (non-hydrogen) atoms. The van der Waals surface area contributed by atoms with Gasteiger partial charge in [0.05, 0.1) is 11.2 Å². The van der Waals surface area contributed by atoms with E-state index in [1.54, 1.807) is 0 Å². The van der Waals surface area contributed by atoms with Crippen LogP contribution in [0.1, 0.15) is 58.8 Å². The minimum Gasteiger partial charge on any atom is -0.481 e. The van der Waals surface area contributed by atoms with Crippen LogP contribution >= 0.6 is 0 Å². The van der Waals surface area contributed by atoms with Gasteiger partial charge in [0.15, 0.2) is 0 Å². The molecule has 0 radical (unpaired) electrons. The van der Waals surface area contributed by atoms with Crippen molar-refractivity contribution in [3.8, 4) is 0 Å². The number of hydrogen-bond donors (Lipinski definition) is 1. The summed E-state index contributed by atoms with van der Waals surface area (Å²) in [6, 6.07) is 0. The number of carboxylic acids is 1. The fourth-order valence-electron chi connectivity index (χ4n) is 4.40. The van der Waals surface area contributed by atoms with Crippen LogP contribution in [0.2, 0.25) is 0 Å².